The summed E-state index contributed by atoms with van der Waals surface area (Å²) in [6, 6.07) is 13.1. The van der Waals surface area contributed by atoms with Crippen molar-refractivity contribution in [2.75, 3.05) is 0 Å². The van der Waals surface area contributed by atoms with Gasteiger partial charge >= 0.3 is 0 Å². The normalized spacial score (nSPS) is 17.0. The molecular formula is C21H19Br2F2P. The summed E-state index contributed by atoms with van der Waals surface area (Å²) in [7, 11) is 0. The lowest BCUT2D eigenvalue weighted by Crippen LogP contribution is -2.13. The lowest BCUT2D eigenvalue weighted by Gasteiger charge is -2.31. The van der Waals surface area contributed by atoms with E-state index in [1.807, 2.05) is 0 Å². The standard InChI is InChI=1S/C21H19Br2F2P/c1-21(2,3)16-12-19(14-4-8-17(24)9-5-14)26(22,23)20(13-16)15-6-10-18(25)11-7-15/h4-13H,1-3H3. The molecule has 0 bridgehead atoms. The first-order valence-electron chi connectivity index (χ1n) is 8.21. The van der Waals surface area contributed by atoms with Crippen LogP contribution in [0.15, 0.2) is 66.3 Å². The summed E-state index contributed by atoms with van der Waals surface area (Å²) in [4.78, 5) is 0. The highest BCUT2D eigenvalue weighted by atomic mass is 79.9. The molecular weight excluding hydrogens is 481 g/mol. The highest BCUT2D eigenvalue weighted by Crippen LogP contribution is 2.75. The van der Waals surface area contributed by atoms with Gasteiger partial charge in [0, 0.05) is 10.6 Å². The highest BCUT2D eigenvalue weighted by molar-refractivity contribution is 9.73. The number of hydrogen-bond acceptors (Lipinski definition) is 0. The first kappa shape index (κ1) is 19.8. The van der Waals surface area contributed by atoms with E-state index in [-0.39, 0.29) is 17.0 Å². The van der Waals surface area contributed by atoms with Crippen molar-refractivity contribution in [1.29, 1.82) is 0 Å². The molecule has 0 aromatic heterocycles. The molecule has 2 aromatic carbocycles. The molecule has 0 saturated carbocycles. The SMILES string of the molecule is CC(C)(C)C1=CC(c2ccc(F)cc2)=P(Br)(Br)C(c2ccc(F)cc2)=C1. The maximum absolute atomic E-state index is 13.4. The van der Waals surface area contributed by atoms with Crippen molar-refractivity contribution in [2.24, 2.45) is 5.41 Å². The predicted octanol–water partition coefficient (Wildman–Crippen LogP) is 8.15. The van der Waals surface area contributed by atoms with Crippen LogP contribution in [-0.2, 0) is 0 Å². The third-order valence-electron chi connectivity index (χ3n) is 4.34. The molecule has 0 saturated heterocycles. The monoisotopic (exact) mass is 498 g/mol. The zero-order chi connectivity index (χ0) is 19.1. The largest absolute Gasteiger partial charge is 0.207 e. The van der Waals surface area contributed by atoms with Crippen LogP contribution in [0.1, 0.15) is 31.9 Å². The van der Waals surface area contributed by atoms with E-state index in [2.05, 4.69) is 63.9 Å². The van der Waals surface area contributed by atoms with Crippen LogP contribution in [0.5, 0.6) is 0 Å². The minimum atomic E-state index is -2.06. The van der Waals surface area contributed by atoms with E-state index in [1.165, 1.54) is 29.8 Å². The quantitative estimate of drug-likeness (QED) is 0.365. The minimum absolute atomic E-state index is 0.0586. The van der Waals surface area contributed by atoms with Crippen LogP contribution in [0.3, 0.4) is 0 Å². The molecule has 5 heteroatoms. The average molecular weight is 500 g/mol. The first-order chi connectivity index (χ1) is 12.1. The number of rotatable bonds is 2. The van der Waals surface area contributed by atoms with Gasteiger partial charge in [-0.25, -0.2) is 8.78 Å². The fourth-order valence-corrected chi connectivity index (χ4v) is 8.29. The van der Waals surface area contributed by atoms with Crippen molar-refractivity contribution < 1.29 is 8.78 Å². The molecule has 0 atom stereocenters. The molecule has 136 valence electrons. The number of halogens is 4. The molecule has 0 unspecified atom stereocenters. The molecule has 0 amide bonds. The van der Waals surface area contributed by atoms with E-state index < -0.39 is 4.29 Å². The van der Waals surface area contributed by atoms with Gasteiger partial charge in [-0.15, -0.1) is 0 Å². The Labute approximate surface area is 169 Å². The van der Waals surface area contributed by atoms with Crippen molar-refractivity contribution in [1.82, 2.24) is 0 Å². The number of allylic oxidation sites excluding steroid dienone is 3. The second kappa shape index (κ2) is 7.22. The summed E-state index contributed by atoms with van der Waals surface area (Å²) in [6.45, 7) is 6.48. The lowest BCUT2D eigenvalue weighted by molar-refractivity contribution is 0.518. The Morgan fingerprint density at radius 2 is 1.19 bits per heavy atom. The fourth-order valence-electron chi connectivity index (χ4n) is 2.79. The summed E-state index contributed by atoms with van der Waals surface area (Å²) in [5.74, 6) is -0.514. The van der Waals surface area contributed by atoms with Crippen molar-refractivity contribution in [3.8, 4) is 0 Å². The van der Waals surface area contributed by atoms with Gasteiger partial charge < -0.3 is 0 Å². The summed E-state index contributed by atoms with van der Waals surface area (Å²) < 4.78 is 24.8. The third-order valence-corrected chi connectivity index (χ3v) is 10.9. The van der Waals surface area contributed by atoms with Crippen LogP contribution in [0, 0.1) is 17.0 Å². The van der Waals surface area contributed by atoms with Gasteiger partial charge in [-0.05, 0) is 89.5 Å². The van der Waals surface area contributed by atoms with Crippen molar-refractivity contribution in [3.05, 3.63) is 89.0 Å². The van der Waals surface area contributed by atoms with Gasteiger partial charge in [0.2, 0.25) is 0 Å². The predicted molar refractivity (Wildman–Crippen MR) is 117 cm³/mol. The maximum Gasteiger partial charge on any atom is 0.123 e. The van der Waals surface area contributed by atoms with Crippen LogP contribution in [-0.4, -0.2) is 5.29 Å². The van der Waals surface area contributed by atoms with E-state index in [0.29, 0.717) is 0 Å². The highest BCUT2D eigenvalue weighted by Gasteiger charge is 2.30. The molecule has 0 aliphatic carbocycles. The molecule has 2 aromatic rings. The Morgan fingerprint density at radius 3 is 1.65 bits per heavy atom. The summed E-state index contributed by atoms with van der Waals surface area (Å²) in [5.41, 5.74) is 3.04. The van der Waals surface area contributed by atoms with Gasteiger partial charge in [-0.2, -0.15) is 0 Å². The number of hydrogen-bond donors (Lipinski definition) is 0. The molecule has 0 radical (unpaired) electrons. The second-order valence-corrected chi connectivity index (χ2v) is 18.5. The van der Waals surface area contributed by atoms with Gasteiger partial charge in [-0.1, -0.05) is 45.0 Å². The Morgan fingerprint density at radius 1 is 0.731 bits per heavy atom. The fraction of sp³-hybridized carbons (Fsp3) is 0.190. The molecule has 26 heavy (non-hydrogen) atoms. The van der Waals surface area contributed by atoms with E-state index in [4.69, 9.17) is 0 Å². The van der Waals surface area contributed by atoms with Crippen LogP contribution in [0.2, 0.25) is 0 Å². The van der Waals surface area contributed by atoms with Crippen molar-refractivity contribution >= 4 is 45.9 Å². The van der Waals surface area contributed by atoms with Gasteiger partial charge in [0.05, 0.1) is 4.29 Å². The average Bonchev–Trinajstić information content (AvgIpc) is 2.55. The van der Waals surface area contributed by atoms with Crippen LogP contribution in [0.4, 0.5) is 8.78 Å². The topological polar surface area (TPSA) is 0 Å². The summed E-state index contributed by atoms with van der Waals surface area (Å²) in [6.07, 6.45) is 4.36. The minimum Gasteiger partial charge on any atom is -0.207 e. The zero-order valence-electron chi connectivity index (χ0n) is 14.7. The van der Waals surface area contributed by atoms with E-state index in [0.717, 1.165) is 21.7 Å². The molecule has 3 rings (SSSR count). The van der Waals surface area contributed by atoms with E-state index in [1.54, 1.807) is 24.3 Å². The zero-order valence-corrected chi connectivity index (χ0v) is 18.8. The Balaban J connectivity index is 2.28. The number of benzene rings is 2. The second-order valence-electron chi connectivity index (χ2n) is 7.29. The molecule has 1 aliphatic heterocycles. The summed E-state index contributed by atoms with van der Waals surface area (Å²) >= 11 is 7.84. The molecule has 0 nitrogen and oxygen atoms in total. The molecule has 1 heterocycles. The van der Waals surface area contributed by atoms with Crippen molar-refractivity contribution in [3.63, 3.8) is 0 Å². The Kier molecular flexibility index (Phi) is 5.50. The molecule has 1 aliphatic rings. The smallest absolute Gasteiger partial charge is 0.123 e. The van der Waals surface area contributed by atoms with Crippen molar-refractivity contribution in [2.45, 2.75) is 20.8 Å². The van der Waals surface area contributed by atoms with Crippen LogP contribution < -0.4 is 0 Å². The first-order valence-corrected chi connectivity index (χ1v) is 14.0. The van der Waals surface area contributed by atoms with Gasteiger partial charge in [-0.3, -0.25) is 0 Å². The van der Waals surface area contributed by atoms with Gasteiger partial charge in [0.1, 0.15) is 11.6 Å². The van der Waals surface area contributed by atoms with E-state index >= 15 is 0 Å². The summed E-state index contributed by atoms with van der Waals surface area (Å²) in [5, 5.41) is 2.17. The van der Waals surface area contributed by atoms with Crippen LogP contribution >= 0.6 is 35.3 Å². The van der Waals surface area contributed by atoms with Crippen LogP contribution in [0.25, 0.3) is 5.31 Å². The van der Waals surface area contributed by atoms with Gasteiger partial charge in [0.15, 0.2) is 0 Å². The molecule has 0 spiro atoms. The Bertz CT molecular complexity index is 941. The lowest BCUT2D eigenvalue weighted by atomic mass is 9.84. The van der Waals surface area contributed by atoms with Gasteiger partial charge in [0.25, 0.3) is 0 Å². The Hall–Kier alpha value is -0.960. The van der Waals surface area contributed by atoms with E-state index in [9.17, 15) is 8.78 Å². The molecule has 0 fully saturated rings. The maximum atomic E-state index is 13.4. The molecule has 0 N–H and O–H groups in total. The third kappa shape index (κ3) is 3.98.